The zero-order valence-corrected chi connectivity index (χ0v) is 13.4. The van der Waals surface area contributed by atoms with Gasteiger partial charge in [0, 0.05) is 5.56 Å². The molecule has 0 aliphatic carbocycles. The molecule has 0 heterocycles. The third kappa shape index (κ3) is 3.20. The Kier molecular flexibility index (Phi) is 4.86. The Balaban J connectivity index is 2.58. The molecule has 0 radical (unpaired) electrons. The van der Waals surface area contributed by atoms with Gasteiger partial charge in [-0.15, -0.1) is 0 Å². The molecule has 0 amide bonds. The van der Waals surface area contributed by atoms with Gasteiger partial charge in [-0.2, -0.15) is 0 Å². The summed E-state index contributed by atoms with van der Waals surface area (Å²) >= 11 is 5.91. The lowest BCUT2D eigenvalue weighted by molar-refractivity contribution is 0.404. The zero-order chi connectivity index (χ0) is 15.6. The van der Waals surface area contributed by atoms with E-state index in [2.05, 4.69) is 11.4 Å². The van der Waals surface area contributed by atoms with Crippen LogP contribution in [0.5, 0.6) is 5.75 Å². The molecule has 2 rings (SSSR count). The van der Waals surface area contributed by atoms with E-state index in [0.29, 0.717) is 0 Å². The summed E-state index contributed by atoms with van der Waals surface area (Å²) in [5.74, 6) is 0.398. The van der Waals surface area contributed by atoms with E-state index in [1.165, 1.54) is 6.07 Å². The number of nitrogens with one attached hydrogen (secondary N) is 1. The monoisotopic (exact) mass is 307 g/mol. The van der Waals surface area contributed by atoms with Gasteiger partial charge in [0.2, 0.25) is 0 Å². The standard InChI is InChI=1S/C17H19ClFNO/c1-10-7-11(2)16(15(8-10)21-4)17(20-3)12-5-6-14(19)13(18)9-12/h5-9,17,20H,1-4H3. The Hall–Kier alpha value is -1.58. The molecule has 0 bridgehead atoms. The Labute approximate surface area is 129 Å². The summed E-state index contributed by atoms with van der Waals surface area (Å²) in [6.45, 7) is 4.07. The number of hydrogen-bond acceptors (Lipinski definition) is 2. The van der Waals surface area contributed by atoms with Crippen LogP contribution >= 0.6 is 11.6 Å². The van der Waals surface area contributed by atoms with Crippen molar-refractivity contribution < 1.29 is 9.13 Å². The molecule has 1 N–H and O–H groups in total. The molecular weight excluding hydrogens is 289 g/mol. The molecule has 4 heteroatoms. The lowest BCUT2D eigenvalue weighted by Crippen LogP contribution is -2.19. The summed E-state index contributed by atoms with van der Waals surface area (Å²) in [7, 11) is 3.52. The first-order chi connectivity index (χ1) is 9.97. The van der Waals surface area contributed by atoms with E-state index in [9.17, 15) is 4.39 Å². The van der Waals surface area contributed by atoms with Crippen LogP contribution in [0.4, 0.5) is 4.39 Å². The molecule has 2 nitrogen and oxygen atoms in total. The number of aryl methyl sites for hydroxylation is 2. The number of halogens is 2. The van der Waals surface area contributed by atoms with Crippen LogP contribution in [0, 0.1) is 19.7 Å². The van der Waals surface area contributed by atoms with Crippen LogP contribution < -0.4 is 10.1 Å². The molecule has 1 unspecified atom stereocenters. The van der Waals surface area contributed by atoms with Gasteiger partial charge in [-0.05, 0) is 55.8 Å². The normalized spacial score (nSPS) is 12.3. The maximum atomic E-state index is 13.4. The van der Waals surface area contributed by atoms with Gasteiger partial charge in [-0.1, -0.05) is 23.7 Å². The number of ether oxygens (including phenoxy) is 1. The minimum Gasteiger partial charge on any atom is -0.496 e. The SMILES string of the molecule is CNC(c1ccc(F)c(Cl)c1)c1c(C)cc(C)cc1OC. The van der Waals surface area contributed by atoms with Gasteiger partial charge in [-0.25, -0.2) is 4.39 Å². The molecule has 2 aromatic carbocycles. The van der Waals surface area contributed by atoms with Crippen LogP contribution in [-0.2, 0) is 0 Å². The highest BCUT2D eigenvalue weighted by atomic mass is 35.5. The summed E-state index contributed by atoms with van der Waals surface area (Å²) < 4.78 is 18.9. The quantitative estimate of drug-likeness (QED) is 0.903. The maximum absolute atomic E-state index is 13.4. The summed E-state index contributed by atoms with van der Waals surface area (Å²) in [5.41, 5.74) is 4.19. The van der Waals surface area contributed by atoms with Gasteiger partial charge in [0.25, 0.3) is 0 Å². The molecule has 0 aliphatic heterocycles. The first kappa shape index (κ1) is 15.8. The highest BCUT2D eigenvalue weighted by molar-refractivity contribution is 6.30. The molecule has 0 saturated heterocycles. The first-order valence-corrected chi connectivity index (χ1v) is 7.13. The molecule has 0 aliphatic rings. The fourth-order valence-corrected chi connectivity index (χ4v) is 2.84. The van der Waals surface area contributed by atoms with E-state index in [4.69, 9.17) is 16.3 Å². The highest BCUT2D eigenvalue weighted by Crippen LogP contribution is 2.34. The molecule has 2 aromatic rings. The van der Waals surface area contributed by atoms with Crippen molar-refractivity contribution in [2.24, 2.45) is 0 Å². The predicted octanol–water partition coefficient (Wildman–Crippen LogP) is 4.41. The fourth-order valence-electron chi connectivity index (χ4n) is 2.65. The minimum atomic E-state index is -0.414. The van der Waals surface area contributed by atoms with Crippen molar-refractivity contribution in [2.75, 3.05) is 14.2 Å². The molecule has 21 heavy (non-hydrogen) atoms. The van der Waals surface area contributed by atoms with Gasteiger partial charge < -0.3 is 10.1 Å². The molecular formula is C17H19ClFNO. The smallest absolute Gasteiger partial charge is 0.141 e. The van der Waals surface area contributed by atoms with Crippen molar-refractivity contribution >= 4 is 11.6 Å². The summed E-state index contributed by atoms with van der Waals surface area (Å²) in [4.78, 5) is 0. The topological polar surface area (TPSA) is 21.3 Å². The van der Waals surface area contributed by atoms with Crippen molar-refractivity contribution in [2.45, 2.75) is 19.9 Å². The summed E-state index contributed by atoms with van der Waals surface area (Å²) in [6, 6.07) is 8.76. The van der Waals surface area contributed by atoms with E-state index in [1.54, 1.807) is 19.2 Å². The van der Waals surface area contributed by atoms with Crippen molar-refractivity contribution in [3.63, 3.8) is 0 Å². The third-order valence-electron chi connectivity index (χ3n) is 3.57. The van der Waals surface area contributed by atoms with Crippen molar-refractivity contribution in [1.82, 2.24) is 5.32 Å². The van der Waals surface area contributed by atoms with E-state index in [-0.39, 0.29) is 11.1 Å². The first-order valence-electron chi connectivity index (χ1n) is 6.75. The Morgan fingerprint density at radius 2 is 1.90 bits per heavy atom. The van der Waals surface area contributed by atoms with Gasteiger partial charge >= 0.3 is 0 Å². The second kappa shape index (κ2) is 6.46. The van der Waals surface area contributed by atoms with Crippen molar-refractivity contribution in [3.8, 4) is 5.75 Å². The van der Waals surface area contributed by atoms with Crippen LogP contribution in [0.1, 0.15) is 28.3 Å². The molecule has 0 fully saturated rings. The summed E-state index contributed by atoms with van der Waals surface area (Å²) in [5, 5.41) is 3.38. The van der Waals surface area contributed by atoms with Crippen LogP contribution in [0.3, 0.4) is 0 Å². The van der Waals surface area contributed by atoms with Crippen LogP contribution in [0.2, 0.25) is 5.02 Å². The Morgan fingerprint density at radius 1 is 1.19 bits per heavy atom. The van der Waals surface area contributed by atoms with Crippen molar-refractivity contribution in [1.29, 1.82) is 0 Å². The maximum Gasteiger partial charge on any atom is 0.141 e. The second-order valence-corrected chi connectivity index (χ2v) is 5.50. The molecule has 0 saturated carbocycles. The van der Waals surface area contributed by atoms with Gasteiger partial charge in [0.1, 0.15) is 11.6 Å². The average Bonchev–Trinajstić information content (AvgIpc) is 2.45. The third-order valence-corrected chi connectivity index (χ3v) is 3.86. The largest absolute Gasteiger partial charge is 0.496 e. The molecule has 0 aromatic heterocycles. The lowest BCUT2D eigenvalue weighted by Gasteiger charge is -2.23. The second-order valence-electron chi connectivity index (χ2n) is 5.09. The van der Waals surface area contributed by atoms with E-state index >= 15 is 0 Å². The van der Waals surface area contributed by atoms with Crippen LogP contribution in [0.15, 0.2) is 30.3 Å². The molecule has 112 valence electrons. The van der Waals surface area contributed by atoms with E-state index in [0.717, 1.165) is 28.0 Å². The lowest BCUT2D eigenvalue weighted by atomic mass is 9.93. The number of hydrogen-bond donors (Lipinski definition) is 1. The number of benzene rings is 2. The van der Waals surface area contributed by atoms with Crippen molar-refractivity contribution in [3.05, 3.63) is 63.4 Å². The van der Waals surface area contributed by atoms with Gasteiger partial charge in [0.15, 0.2) is 0 Å². The van der Waals surface area contributed by atoms with Crippen LogP contribution in [-0.4, -0.2) is 14.2 Å². The van der Waals surface area contributed by atoms with Gasteiger partial charge in [0.05, 0.1) is 18.2 Å². The van der Waals surface area contributed by atoms with E-state index in [1.807, 2.05) is 27.0 Å². The van der Waals surface area contributed by atoms with E-state index < -0.39 is 5.82 Å². The molecule has 0 spiro atoms. The predicted molar refractivity (Wildman–Crippen MR) is 84.8 cm³/mol. The molecule has 1 atom stereocenters. The minimum absolute atomic E-state index is 0.112. The fraction of sp³-hybridized carbons (Fsp3) is 0.294. The Bertz CT molecular complexity index is 657. The summed E-state index contributed by atoms with van der Waals surface area (Å²) in [6.07, 6.45) is 0. The highest BCUT2D eigenvalue weighted by Gasteiger charge is 2.20. The number of rotatable bonds is 4. The average molecular weight is 308 g/mol. The van der Waals surface area contributed by atoms with Gasteiger partial charge in [-0.3, -0.25) is 0 Å². The Morgan fingerprint density at radius 3 is 2.48 bits per heavy atom. The van der Waals surface area contributed by atoms with Crippen LogP contribution in [0.25, 0.3) is 0 Å². The zero-order valence-electron chi connectivity index (χ0n) is 12.6. The number of methoxy groups -OCH3 is 1.